The molecule has 1 aliphatic carbocycles. The van der Waals surface area contributed by atoms with E-state index in [1.807, 2.05) is 42.6 Å². The van der Waals surface area contributed by atoms with Crippen LogP contribution in [0, 0.1) is 6.92 Å². The van der Waals surface area contributed by atoms with Gasteiger partial charge in [-0.3, -0.25) is 4.98 Å². The molecule has 6 rings (SSSR count). The number of nitrogens with zero attached hydrogens (tertiary/aromatic N) is 2. The van der Waals surface area contributed by atoms with Gasteiger partial charge in [0, 0.05) is 16.8 Å². The number of rotatable bonds is 7. The minimum atomic E-state index is -0.184. The molecule has 5 nitrogen and oxygen atoms in total. The maximum Gasteiger partial charge on any atom is 0.174 e. The third kappa shape index (κ3) is 5.24. The quantitative estimate of drug-likeness (QED) is 0.248. The number of hydrogen-bond acceptors (Lipinski definition) is 5. The van der Waals surface area contributed by atoms with Crippen molar-refractivity contribution in [1.82, 2.24) is 10.3 Å². The maximum atomic E-state index is 6.44. The van der Waals surface area contributed by atoms with Gasteiger partial charge in [0.2, 0.25) is 0 Å². The van der Waals surface area contributed by atoms with Gasteiger partial charge in [0.15, 0.2) is 10.2 Å². The summed E-state index contributed by atoms with van der Waals surface area (Å²) in [7, 11) is 0. The summed E-state index contributed by atoms with van der Waals surface area (Å²) in [6, 6.07) is 26.4. The third-order valence-corrected chi connectivity index (χ3v) is 8.19. The highest BCUT2D eigenvalue weighted by Gasteiger charge is 2.42. The van der Waals surface area contributed by atoms with Crippen LogP contribution in [0.1, 0.15) is 54.8 Å². The Bertz CT molecular complexity index is 1350. The molecule has 0 unspecified atom stereocenters. The number of hydrogen-bond donors (Lipinski definition) is 1. The Kier molecular flexibility index (Phi) is 6.89. The summed E-state index contributed by atoms with van der Waals surface area (Å²) in [6.07, 6.45) is 6.92. The van der Waals surface area contributed by atoms with Crippen molar-refractivity contribution in [1.29, 1.82) is 0 Å². The predicted octanol–water partition coefficient (Wildman–Crippen LogP) is 7.63. The zero-order chi connectivity index (χ0) is 25.2. The van der Waals surface area contributed by atoms with E-state index < -0.39 is 0 Å². The lowest BCUT2D eigenvalue weighted by Crippen LogP contribution is -2.29. The molecule has 37 heavy (non-hydrogen) atoms. The number of benzene rings is 2. The lowest BCUT2D eigenvalue weighted by Gasteiger charge is -2.26. The number of aryl methyl sites for hydroxylation is 1. The first-order valence-electron chi connectivity index (χ1n) is 12.8. The van der Waals surface area contributed by atoms with Gasteiger partial charge in [-0.05, 0) is 105 Å². The molecular weight excluding hydrogens is 498 g/mol. The molecule has 2 aliphatic rings. The molecule has 2 atom stereocenters. The van der Waals surface area contributed by atoms with Crippen LogP contribution < -0.4 is 15.0 Å². The molecule has 188 valence electrons. The standard InChI is InChI=1S/C30H29N3O2S2/c1-20-9-15-24(16-10-20)37-27-18-17-26(35-27)29-28(25-8-4-5-19-31-25)32-30(36)33(29)21-11-13-23(14-12-21)34-22-6-2-3-7-22/h4-5,8-19,22,28-29H,2-3,6-7H2,1H3,(H,32,36)/t28-,29-/m1/s1. The molecule has 4 aromatic rings. The average molecular weight is 528 g/mol. The fourth-order valence-corrected chi connectivity index (χ4v) is 6.20. The highest BCUT2D eigenvalue weighted by Crippen LogP contribution is 2.43. The van der Waals surface area contributed by atoms with Crippen molar-refractivity contribution in [2.45, 2.75) is 60.8 Å². The summed E-state index contributed by atoms with van der Waals surface area (Å²) in [6.45, 7) is 2.09. The van der Waals surface area contributed by atoms with Gasteiger partial charge in [0.25, 0.3) is 0 Å². The van der Waals surface area contributed by atoms with Crippen LogP contribution in [0.5, 0.6) is 5.75 Å². The topological polar surface area (TPSA) is 50.5 Å². The van der Waals surface area contributed by atoms with Crippen LogP contribution in [0.3, 0.4) is 0 Å². The lowest BCUT2D eigenvalue weighted by atomic mass is 10.0. The largest absolute Gasteiger partial charge is 0.490 e. The Morgan fingerprint density at radius 1 is 0.973 bits per heavy atom. The Morgan fingerprint density at radius 2 is 1.76 bits per heavy atom. The second-order valence-corrected chi connectivity index (χ2v) is 11.1. The van der Waals surface area contributed by atoms with E-state index >= 15 is 0 Å². The van der Waals surface area contributed by atoms with Crippen LogP contribution in [0.25, 0.3) is 0 Å². The Hall–Kier alpha value is -3.29. The zero-order valence-electron chi connectivity index (χ0n) is 20.7. The van der Waals surface area contributed by atoms with Gasteiger partial charge >= 0.3 is 0 Å². The van der Waals surface area contributed by atoms with Gasteiger partial charge in [0.05, 0.1) is 17.8 Å². The van der Waals surface area contributed by atoms with E-state index in [1.165, 1.54) is 18.4 Å². The van der Waals surface area contributed by atoms with E-state index in [2.05, 4.69) is 64.6 Å². The zero-order valence-corrected chi connectivity index (χ0v) is 22.3. The number of anilines is 1. The molecule has 0 radical (unpaired) electrons. The van der Waals surface area contributed by atoms with Crippen LogP contribution in [0.4, 0.5) is 5.69 Å². The second kappa shape index (κ2) is 10.6. The molecule has 0 amide bonds. The van der Waals surface area contributed by atoms with Gasteiger partial charge in [-0.2, -0.15) is 0 Å². The fraction of sp³-hybridized carbons (Fsp3) is 0.267. The van der Waals surface area contributed by atoms with Gasteiger partial charge < -0.3 is 19.4 Å². The van der Waals surface area contributed by atoms with Gasteiger partial charge in [-0.25, -0.2) is 0 Å². The molecular formula is C30H29N3O2S2. The van der Waals surface area contributed by atoms with Crippen LogP contribution in [0.2, 0.25) is 0 Å². The number of ether oxygens (including phenoxy) is 1. The molecule has 1 saturated carbocycles. The van der Waals surface area contributed by atoms with E-state index in [0.29, 0.717) is 11.2 Å². The summed E-state index contributed by atoms with van der Waals surface area (Å²) < 4.78 is 12.6. The molecule has 0 spiro atoms. The first-order valence-corrected chi connectivity index (χ1v) is 14.0. The van der Waals surface area contributed by atoms with E-state index in [-0.39, 0.29) is 12.1 Å². The molecule has 2 fully saturated rings. The minimum absolute atomic E-state index is 0.147. The number of furan rings is 1. The first kappa shape index (κ1) is 24.1. The predicted molar refractivity (Wildman–Crippen MR) is 151 cm³/mol. The maximum absolute atomic E-state index is 6.44. The number of aromatic nitrogens is 1. The highest BCUT2D eigenvalue weighted by atomic mass is 32.2. The molecule has 2 aromatic carbocycles. The summed E-state index contributed by atoms with van der Waals surface area (Å²) in [5.74, 6) is 1.74. The molecule has 3 heterocycles. The fourth-order valence-electron chi connectivity index (χ4n) is 5.08. The molecule has 1 aliphatic heterocycles. The number of nitrogens with one attached hydrogen (secondary N) is 1. The first-order chi connectivity index (χ1) is 18.1. The average Bonchev–Trinajstić information content (AvgIpc) is 3.67. The Balaban J connectivity index is 1.30. The minimum Gasteiger partial charge on any atom is -0.490 e. The number of thiocarbonyl (C=S) groups is 1. The van der Waals surface area contributed by atoms with Gasteiger partial charge in [-0.1, -0.05) is 35.5 Å². The van der Waals surface area contributed by atoms with Crippen molar-refractivity contribution in [3.8, 4) is 5.75 Å². The van der Waals surface area contributed by atoms with E-state index in [1.54, 1.807) is 11.8 Å². The van der Waals surface area contributed by atoms with Crippen LogP contribution in [0.15, 0.2) is 99.5 Å². The van der Waals surface area contributed by atoms with E-state index in [4.69, 9.17) is 21.4 Å². The number of pyridine rings is 1. The molecule has 2 aromatic heterocycles. The van der Waals surface area contributed by atoms with Crippen LogP contribution in [-0.4, -0.2) is 16.2 Å². The van der Waals surface area contributed by atoms with Crippen molar-refractivity contribution < 1.29 is 9.15 Å². The molecule has 0 bridgehead atoms. The van der Waals surface area contributed by atoms with Crippen LogP contribution >= 0.6 is 24.0 Å². The smallest absolute Gasteiger partial charge is 0.174 e. The molecule has 1 saturated heterocycles. The van der Waals surface area contributed by atoms with Gasteiger partial charge in [-0.15, -0.1) is 0 Å². The lowest BCUT2D eigenvalue weighted by molar-refractivity contribution is 0.210. The van der Waals surface area contributed by atoms with Crippen molar-refractivity contribution >= 4 is 34.8 Å². The van der Waals surface area contributed by atoms with E-state index in [0.717, 1.165) is 45.7 Å². The summed E-state index contributed by atoms with van der Waals surface area (Å²) in [5.41, 5.74) is 3.15. The normalized spacial score (nSPS) is 19.8. The Labute approximate surface area is 227 Å². The summed E-state index contributed by atoms with van der Waals surface area (Å²) in [4.78, 5) is 7.91. The van der Waals surface area contributed by atoms with Gasteiger partial charge in [0.1, 0.15) is 17.6 Å². The summed E-state index contributed by atoms with van der Waals surface area (Å²) in [5, 5.41) is 4.99. The van der Waals surface area contributed by atoms with Crippen molar-refractivity contribution in [3.63, 3.8) is 0 Å². The summed E-state index contributed by atoms with van der Waals surface area (Å²) >= 11 is 7.48. The van der Waals surface area contributed by atoms with Crippen molar-refractivity contribution in [2.75, 3.05) is 4.90 Å². The monoisotopic (exact) mass is 527 g/mol. The second-order valence-electron chi connectivity index (χ2n) is 9.59. The molecule has 1 N–H and O–H groups in total. The van der Waals surface area contributed by atoms with Crippen molar-refractivity contribution in [2.24, 2.45) is 0 Å². The van der Waals surface area contributed by atoms with Crippen molar-refractivity contribution in [3.05, 3.63) is 102 Å². The third-order valence-electron chi connectivity index (χ3n) is 6.95. The highest BCUT2D eigenvalue weighted by molar-refractivity contribution is 7.99. The SMILES string of the molecule is Cc1ccc(Sc2ccc([C@@H]3[C@@H](c4ccccn4)NC(=S)N3c3ccc(OC4CCCC4)cc3)o2)cc1. The molecule has 7 heteroatoms. The van der Waals surface area contributed by atoms with Crippen LogP contribution in [-0.2, 0) is 0 Å². The van der Waals surface area contributed by atoms with E-state index in [9.17, 15) is 0 Å². The Morgan fingerprint density at radius 3 is 2.49 bits per heavy atom.